The summed E-state index contributed by atoms with van der Waals surface area (Å²) in [5.41, 5.74) is 0. The number of carbonyl (C=O) groups excluding carboxylic acids is 1. The van der Waals surface area contributed by atoms with Crippen LogP contribution >= 0.6 is 0 Å². The molecule has 0 heterocycles. The number of hydrogen-bond acceptors (Lipinski definition) is 4. The Kier molecular flexibility index (Phi) is 6.70. The second kappa shape index (κ2) is 6.96. The fourth-order valence-electron chi connectivity index (χ4n) is 1.30. The van der Waals surface area contributed by atoms with Crippen LogP contribution in [0.15, 0.2) is 0 Å². The van der Waals surface area contributed by atoms with E-state index in [1.165, 1.54) is 11.4 Å². The first-order valence-electron chi connectivity index (χ1n) is 5.77. The van der Waals surface area contributed by atoms with Crippen LogP contribution in [0.2, 0.25) is 0 Å². The highest BCUT2D eigenvalue weighted by atomic mass is 32.2. The quantitative estimate of drug-likeness (QED) is 0.650. The Labute approximate surface area is 104 Å². The lowest BCUT2D eigenvalue weighted by Gasteiger charge is -2.25. The molecule has 0 aliphatic rings. The van der Waals surface area contributed by atoms with E-state index in [0.717, 1.165) is 0 Å². The van der Waals surface area contributed by atoms with Crippen LogP contribution in [0.5, 0.6) is 0 Å². The highest BCUT2D eigenvalue weighted by Crippen LogP contribution is 2.11. The minimum atomic E-state index is -3.39. The van der Waals surface area contributed by atoms with Gasteiger partial charge in [0.25, 0.3) is 0 Å². The zero-order chi connectivity index (χ0) is 13.6. The first-order chi connectivity index (χ1) is 7.70. The Morgan fingerprint density at radius 1 is 1.24 bits per heavy atom. The van der Waals surface area contributed by atoms with Gasteiger partial charge in [0.1, 0.15) is 6.54 Å². The highest BCUT2D eigenvalue weighted by Gasteiger charge is 2.27. The maximum atomic E-state index is 12.0. The van der Waals surface area contributed by atoms with Crippen molar-refractivity contribution >= 4 is 16.0 Å². The van der Waals surface area contributed by atoms with Crippen LogP contribution < -0.4 is 0 Å². The largest absolute Gasteiger partial charge is 0.468 e. The smallest absolute Gasteiger partial charge is 0.321 e. The van der Waals surface area contributed by atoms with Crippen molar-refractivity contribution in [3.05, 3.63) is 0 Å². The Morgan fingerprint density at radius 3 is 2.12 bits per heavy atom. The fourth-order valence-corrected chi connectivity index (χ4v) is 3.24. The van der Waals surface area contributed by atoms with E-state index in [9.17, 15) is 13.2 Å². The van der Waals surface area contributed by atoms with Crippen LogP contribution in [0.3, 0.4) is 0 Å². The van der Waals surface area contributed by atoms with E-state index in [0.29, 0.717) is 12.3 Å². The summed E-state index contributed by atoms with van der Waals surface area (Å²) in [7, 11) is -2.14. The van der Waals surface area contributed by atoms with E-state index in [-0.39, 0.29) is 18.3 Å². The topological polar surface area (TPSA) is 63.7 Å². The molecule has 5 nitrogen and oxygen atoms in total. The number of nitrogens with zero attached hydrogens (tertiary/aromatic N) is 1. The molecule has 0 fully saturated rings. The molecule has 0 aliphatic heterocycles. The summed E-state index contributed by atoms with van der Waals surface area (Å²) in [5, 5.41) is 0. The molecule has 0 aromatic carbocycles. The zero-order valence-corrected chi connectivity index (χ0v) is 12.1. The molecule has 0 atom stereocenters. The molecule has 0 aromatic heterocycles. The maximum Gasteiger partial charge on any atom is 0.321 e. The van der Waals surface area contributed by atoms with Crippen LogP contribution in [0.4, 0.5) is 0 Å². The standard InChI is InChI=1S/C11H23NO4S/c1-9(2)6-7-17(14,15)12(10(3)4)8-11(13)16-5/h9-10H,6-8H2,1-5H3. The lowest BCUT2D eigenvalue weighted by Crippen LogP contribution is -2.42. The predicted molar refractivity (Wildman–Crippen MR) is 67.1 cm³/mol. The number of hydrogen-bond donors (Lipinski definition) is 0. The summed E-state index contributed by atoms with van der Waals surface area (Å²) in [6.45, 7) is 7.21. The average Bonchev–Trinajstić information content (AvgIpc) is 2.22. The van der Waals surface area contributed by atoms with E-state index < -0.39 is 16.0 Å². The Morgan fingerprint density at radius 2 is 1.76 bits per heavy atom. The van der Waals surface area contributed by atoms with Crippen LogP contribution in [0, 0.1) is 5.92 Å². The van der Waals surface area contributed by atoms with Crippen molar-refractivity contribution in [2.75, 3.05) is 19.4 Å². The van der Waals surface area contributed by atoms with Gasteiger partial charge in [-0.1, -0.05) is 13.8 Å². The molecule has 0 aliphatic carbocycles. The van der Waals surface area contributed by atoms with Crippen LogP contribution in [-0.2, 0) is 19.6 Å². The van der Waals surface area contributed by atoms with Gasteiger partial charge in [0.05, 0.1) is 12.9 Å². The average molecular weight is 265 g/mol. The number of carbonyl (C=O) groups is 1. The van der Waals surface area contributed by atoms with Gasteiger partial charge < -0.3 is 4.74 Å². The van der Waals surface area contributed by atoms with Crippen molar-refractivity contribution in [1.82, 2.24) is 4.31 Å². The number of ether oxygens (including phenoxy) is 1. The second-order valence-electron chi connectivity index (χ2n) is 4.71. The summed E-state index contributed by atoms with van der Waals surface area (Å²) >= 11 is 0. The van der Waals surface area contributed by atoms with Crippen molar-refractivity contribution in [3.63, 3.8) is 0 Å². The van der Waals surface area contributed by atoms with Gasteiger partial charge in [0.15, 0.2) is 0 Å². The molecule has 0 saturated carbocycles. The molecular formula is C11H23NO4S. The zero-order valence-electron chi connectivity index (χ0n) is 11.3. The molecule has 0 bridgehead atoms. The molecule has 0 unspecified atom stereocenters. The number of rotatable bonds is 7. The Hall–Kier alpha value is -0.620. The van der Waals surface area contributed by atoms with Gasteiger partial charge in [0.2, 0.25) is 10.0 Å². The SMILES string of the molecule is COC(=O)CN(C(C)C)S(=O)(=O)CCC(C)C. The number of sulfonamides is 1. The lowest BCUT2D eigenvalue weighted by atomic mass is 10.2. The van der Waals surface area contributed by atoms with Gasteiger partial charge in [0, 0.05) is 6.04 Å². The monoisotopic (exact) mass is 265 g/mol. The molecule has 0 saturated heterocycles. The third-order valence-corrected chi connectivity index (χ3v) is 4.42. The van der Waals surface area contributed by atoms with Crippen LogP contribution in [-0.4, -0.2) is 44.1 Å². The molecule has 0 spiro atoms. The van der Waals surface area contributed by atoms with E-state index >= 15 is 0 Å². The summed E-state index contributed by atoms with van der Waals surface area (Å²) < 4.78 is 29.8. The molecule has 6 heteroatoms. The molecule has 102 valence electrons. The van der Waals surface area contributed by atoms with Crippen molar-refractivity contribution < 1.29 is 17.9 Å². The molecule has 0 rings (SSSR count). The van der Waals surface area contributed by atoms with E-state index in [4.69, 9.17) is 0 Å². The summed E-state index contributed by atoms with van der Waals surface area (Å²) in [6.07, 6.45) is 0.590. The molecule has 0 radical (unpaired) electrons. The van der Waals surface area contributed by atoms with Crippen molar-refractivity contribution in [3.8, 4) is 0 Å². The highest BCUT2D eigenvalue weighted by molar-refractivity contribution is 7.89. The molecular weight excluding hydrogens is 242 g/mol. The van der Waals surface area contributed by atoms with Gasteiger partial charge in [-0.2, -0.15) is 4.31 Å². The molecule has 17 heavy (non-hydrogen) atoms. The third kappa shape index (κ3) is 6.02. The summed E-state index contributed by atoms with van der Waals surface area (Å²) in [6, 6.07) is -0.244. The number of esters is 1. The summed E-state index contributed by atoms with van der Waals surface area (Å²) in [5.74, 6) is -0.149. The van der Waals surface area contributed by atoms with Gasteiger partial charge in [-0.15, -0.1) is 0 Å². The molecule has 0 aromatic rings. The van der Waals surface area contributed by atoms with Crippen LogP contribution in [0.25, 0.3) is 0 Å². The maximum absolute atomic E-state index is 12.0. The first kappa shape index (κ1) is 16.4. The van der Waals surface area contributed by atoms with E-state index in [1.54, 1.807) is 13.8 Å². The predicted octanol–water partition coefficient (Wildman–Crippen LogP) is 1.25. The van der Waals surface area contributed by atoms with Gasteiger partial charge in [-0.05, 0) is 26.2 Å². The lowest BCUT2D eigenvalue weighted by molar-refractivity contribution is -0.141. The first-order valence-corrected chi connectivity index (χ1v) is 7.38. The van der Waals surface area contributed by atoms with Gasteiger partial charge >= 0.3 is 5.97 Å². The van der Waals surface area contributed by atoms with Crippen LogP contribution in [0.1, 0.15) is 34.1 Å². The van der Waals surface area contributed by atoms with Crippen molar-refractivity contribution in [2.24, 2.45) is 5.92 Å². The normalized spacial score (nSPS) is 12.5. The van der Waals surface area contributed by atoms with Gasteiger partial charge in [-0.3, -0.25) is 4.79 Å². The Balaban J connectivity index is 4.74. The van der Waals surface area contributed by atoms with Gasteiger partial charge in [-0.25, -0.2) is 8.42 Å². The van der Waals surface area contributed by atoms with E-state index in [1.807, 2.05) is 13.8 Å². The Bertz CT molecular complexity index is 335. The minimum absolute atomic E-state index is 0.0693. The van der Waals surface area contributed by atoms with E-state index in [2.05, 4.69) is 4.74 Å². The fraction of sp³-hybridized carbons (Fsp3) is 0.909. The molecule has 0 N–H and O–H groups in total. The third-order valence-electron chi connectivity index (χ3n) is 2.40. The molecule has 0 amide bonds. The minimum Gasteiger partial charge on any atom is -0.468 e. The summed E-state index contributed by atoms with van der Waals surface area (Å²) in [4.78, 5) is 11.2. The van der Waals surface area contributed by atoms with Crippen molar-refractivity contribution in [2.45, 2.75) is 40.2 Å². The van der Waals surface area contributed by atoms with Crippen molar-refractivity contribution in [1.29, 1.82) is 0 Å². The second-order valence-corrected chi connectivity index (χ2v) is 6.75. The number of methoxy groups -OCH3 is 1.